The largest absolute Gasteiger partial charge is 0.324 e. The summed E-state index contributed by atoms with van der Waals surface area (Å²) in [6.45, 7) is 2.00. The average molecular weight is 332 g/mol. The molecule has 1 heterocycles. The van der Waals surface area contributed by atoms with Crippen LogP contribution in [0.25, 0.3) is 0 Å². The third-order valence-electron chi connectivity index (χ3n) is 2.45. The molecule has 90 valence electrons. The summed E-state index contributed by atoms with van der Waals surface area (Å²) in [5.41, 5.74) is 8.23. The summed E-state index contributed by atoms with van der Waals surface area (Å²) >= 11 is 11.1. The van der Waals surface area contributed by atoms with Crippen molar-refractivity contribution in [1.29, 1.82) is 0 Å². The fraction of sp³-hybridized carbons (Fsp3) is 0.250. The monoisotopic (exact) mass is 330 g/mol. The Hall–Kier alpha value is -0.420. The first-order valence-electron chi connectivity index (χ1n) is 5.18. The lowest BCUT2D eigenvalue weighted by Gasteiger charge is -2.13. The second-order valence-corrected chi connectivity index (χ2v) is 6.19. The zero-order valence-electron chi connectivity index (χ0n) is 9.28. The molecular weight excluding hydrogens is 320 g/mol. The van der Waals surface area contributed by atoms with Crippen molar-refractivity contribution in [2.24, 2.45) is 5.73 Å². The van der Waals surface area contributed by atoms with Crippen molar-refractivity contribution in [2.45, 2.75) is 19.4 Å². The molecule has 1 atom stereocenters. The van der Waals surface area contributed by atoms with Gasteiger partial charge in [0.1, 0.15) is 0 Å². The lowest BCUT2D eigenvalue weighted by molar-refractivity contribution is 0.706. The molecule has 0 fully saturated rings. The molecule has 0 bridgehead atoms. The lowest BCUT2D eigenvalue weighted by Crippen LogP contribution is -2.14. The van der Waals surface area contributed by atoms with E-state index in [0.29, 0.717) is 5.02 Å². The SMILES string of the molecule is Cc1nc(CC(N)c2cc(Cl)ccc2Br)cs1. The zero-order chi connectivity index (χ0) is 12.4. The van der Waals surface area contributed by atoms with Gasteiger partial charge in [-0.3, -0.25) is 0 Å². The first-order chi connectivity index (χ1) is 8.06. The Bertz CT molecular complexity index is 527. The van der Waals surface area contributed by atoms with E-state index in [1.807, 2.05) is 30.5 Å². The molecule has 0 saturated heterocycles. The number of halogens is 2. The van der Waals surface area contributed by atoms with Crippen LogP contribution < -0.4 is 5.73 Å². The molecule has 0 aliphatic carbocycles. The van der Waals surface area contributed by atoms with E-state index in [0.717, 1.165) is 27.2 Å². The van der Waals surface area contributed by atoms with Crippen LogP contribution in [-0.2, 0) is 6.42 Å². The van der Waals surface area contributed by atoms with Crippen LogP contribution >= 0.6 is 38.9 Å². The summed E-state index contributed by atoms with van der Waals surface area (Å²) in [6.07, 6.45) is 0.725. The minimum Gasteiger partial charge on any atom is -0.324 e. The zero-order valence-corrected chi connectivity index (χ0v) is 12.4. The molecule has 0 aliphatic rings. The van der Waals surface area contributed by atoms with Crippen molar-refractivity contribution in [2.75, 3.05) is 0 Å². The van der Waals surface area contributed by atoms with Crippen LogP contribution in [0.1, 0.15) is 22.3 Å². The number of rotatable bonds is 3. The van der Waals surface area contributed by atoms with E-state index in [2.05, 4.69) is 20.9 Å². The molecule has 0 saturated carbocycles. The minimum absolute atomic E-state index is 0.0930. The van der Waals surface area contributed by atoms with Crippen LogP contribution in [0.5, 0.6) is 0 Å². The van der Waals surface area contributed by atoms with Crippen LogP contribution in [0.15, 0.2) is 28.1 Å². The Morgan fingerprint density at radius 1 is 1.53 bits per heavy atom. The van der Waals surface area contributed by atoms with Crippen LogP contribution in [0.2, 0.25) is 5.02 Å². The fourth-order valence-corrected chi connectivity index (χ4v) is 2.98. The Morgan fingerprint density at radius 2 is 2.29 bits per heavy atom. The smallest absolute Gasteiger partial charge is 0.0897 e. The van der Waals surface area contributed by atoms with Crippen LogP contribution in [0, 0.1) is 6.92 Å². The lowest BCUT2D eigenvalue weighted by atomic mass is 10.0. The predicted octanol–water partition coefficient (Wildman–Crippen LogP) is 4.11. The van der Waals surface area contributed by atoms with Gasteiger partial charge < -0.3 is 5.73 Å². The van der Waals surface area contributed by atoms with Crippen LogP contribution in [-0.4, -0.2) is 4.98 Å². The Balaban J connectivity index is 2.19. The number of hydrogen-bond acceptors (Lipinski definition) is 3. The second kappa shape index (κ2) is 5.48. The molecule has 0 aliphatic heterocycles. The maximum Gasteiger partial charge on any atom is 0.0897 e. The number of aryl methyl sites for hydroxylation is 1. The van der Waals surface area contributed by atoms with Gasteiger partial charge in [0, 0.05) is 27.3 Å². The highest BCUT2D eigenvalue weighted by Gasteiger charge is 2.12. The van der Waals surface area contributed by atoms with Gasteiger partial charge in [0.05, 0.1) is 10.7 Å². The van der Waals surface area contributed by atoms with E-state index >= 15 is 0 Å². The number of nitrogens with zero attached hydrogens (tertiary/aromatic N) is 1. The third kappa shape index (κ3) is 3.28. The van der Waals surface area contributed by atoms with Gasteiger partial charge >= 0.3 is 0 Å². The molecule has 1 aromatic heterocycles. The molecule has 2 nitrogen and oxygen atoms in total. The van der Waals surface area contributed by atoms with E-state index < -0.39 is 0 Å². The first kappa shape index (κ1) is 13.0. The molecule has 0 spiro atoms. The molecular formula is C12H12BrClN2S. The van der Waals surface area contributed by atoms with Gasteiger partial charge in [-0.2, -0.15) is 0 Å². The van der Waals surface area contributed by atoms with Gasteiger partial charge in [0.2, 0.25) is 0 Å². The van der Waals surface area contributed by atoms with Gasteiger partial charge in [0.15, 0.2) is 0 Å². The van der Waals surface area contributed by atoms with E-state index in [1.54, 1.807) is 11.3 Å². The van der Waals surface area contributed by atoms with Gasteiger partial charge in [0.25, 0.3) is 0 Å². The summed E-state index contributed by atoms with van der Waals surface area (Å²) in [4.78, 5) is 4.42. The fourth-order valence-electron chi connectivity index (χ4n) is 1.64. The summed E-state index contributed by atoms with van der Waals surface area (Å²) in [5, 5.41) is 3.82. The number of hydrogen-bond donors (Lipinski definition) is 1. The molecule has 1 aromatic carbocycles. The molecule has 17 heavy (non-hydrogen) atoms. The molecule has 5 heteroatoms. The van der Waals surface area contributed by atoms with E-state index in [1.165, 1.54) is 0 Å². The summed E-state index contributed by atoms with van der Waals surface area (Å²) in [7, 11) is 0. The summed E-state index contributed by atoms with van der Waals surface area (Å²) in [5.74, 6) is 0. The molecule has 2 aromatic rings. The molecule has 0 amide bonds. The number of benzene rings is 1. The van der Waals surface area contributed by atoms with E-state index in [9.17, 15) is 0 Å². The van der Waals surface area contributed by atoms with Crippen molar-refractivity contribution in [3.63, 3.8) is 0 Å². The van der Waals surface area contributed by atoms with Crippen LogP contribution in [0.3, 0.4) is 0 Å². The van der Waals surface area contributed by atoms with Crippen molar-refractivity contribution < 1.29 is 0 Å². The van der Waals surface area contributed by atoms with Gasteiger partial charge in [-0.15, -0.1) is 11.3 Å². The third-order valence-corrected chi connectivity index (χ3v) is 4.23. The van der Waals surface area contributed by atoms with Crippen LogP contribution in [0.4, 0.5) is 0 Å². The minimum atomic E-state index is -0.0930. The molecule has 0 radical (unpaired) electrons. The second-order valence-electron chi connectivity index (χ2n) is 3.83. The van der Waals surface area contributed by atoms with Crippen molar-refractivity contribution in [1.82, 2.24) is 4.98 Å². The molecule has 1 unspecified atom stereocenters. The molecule has 2 N–H and O–H groups in total. The Morgan fingerprint density at radius 3 is 2.94 bits per heavy atom. The van der Waals surface area contributed by atoms with Crippen molar-refractivity contribution in [3.05, 3.63) is 49.3 Å². The Kier molecular flexibility index (Phi) is 4.20. The highest BCUT2D eigenvalue weighted by Crippen LogP contribution is 2.27. The number of aromatic nitrogens is 1. The van der Waals surface area contributed by atoms with Gasteiger partial charge in [-0.05, 0) is 30.7 Å². The standard InChI is InChI=1S/C12H12BrClN2S/c1-7-16-9(6-17-7)5-12(15)10-4-8(14)2-3-11(10)13/h2-4,6,12H,5,15H2,1H3. The topological polar surface area (TPSA) is 38.9 Å². The Labute approximate surface area is 118 Å². The number of nitrogens with two attached hydrogens (primary N) is 1. The summed E-state index contributed by atoms with van der Waals surface area (Å²) < 4.78 is 0.987. The maximum absolute atomic E-state index is 6.18. The highest BCUT2D eigenvalue weighted by atomic mass is 79.9. The highest BCUT2D eigenvalue weighted by molar-refractivity contribution is 9.10. The normalized spacial score (nSPS) is 12.7. The average Bonchev–Trinajstić information content (AvgIpc) is 2.67. The quantitative estimate of drug-likeness (QED) is 0.919. The number of thiazole rings is 1. The van der Waals surface area contributed by atoms with Crippen molar-refractivity contribution >= 4 is 38.9 Å². The van der Waals surface area contributed by atoms with Crippen molar-refractivity contribution in [3.8, 4) is 0 Å². The maximum atomic E-state index is 6.18. The van der Waals surface area contributed by atoms with Gasteiger partial charge in [-0.25, -0.2) is 4.98 Å². The predicted molar refractivity (Wildman–Crippen MR) is 76.6 cm³/mol. The molecule has 2 rings (SSSR count). The van der Waals surface area contributed by atoms with E-state index in [-0.39, 0.29) is 6.04 Å². The first-order valence-corrected chi connectivity index (χ1v) is 7.23. The summed E-state index contributed by atoms with van der Waals surface area (Å²) in [6, 6.07) is 5.57. The van der Waals surface area contributed by atoms with Gasteiger partial charge in [-0.1, -0.05) is 27.5 Å². The van der Waals surface area contributed by atoms with E-state index in [4.69, 9.17) is 17.3 Å².